The molecule has 3 nitrogen and oxygen atoms in total. The lowest BCUT2D eigenvalue weighted by Gasteiger charge is -1.98. The molecule has 1 aromatic heterocycles. The van der Waals surface area contributed by atoms with Crippen molar-refractivity contribution in [1.29, 1.82) is 0 Å². The molecule has 0 saturated heterocycles. The van der Waals surface area contributed by atoms with E-state index in [1.54, 1.807) is 7.11 Å². The molecule has 1 heterocycles. The Kier molecular flexibility index (Phi) is 3.54. The first-order chi connectivity index (χ1) is 7.78. The van der Waals surface area contributed by atoms with Crippen molar-refractivity contribution in [3.05, 3.63) is 40.1 Å². The van der Waals surface area contributed by atoms with E-state index in [1.165, 1.54) is 11.5 Å². The summed E-state index contributed by atoms with van der Waals surface area (Å²) in [6, 6.07) is 7.73. The molecule has 2 rings (SSSR count). The van der Waals surface area contributed by atoms with E-state index in [0.717, 1.165) is 11.3 Å². The molecule has 0 bridgehead atoms. The smallest absolute Gasteiger partial charge is 0.203 e. The van der Waals surface area contributed by atoms with Crippen molar-refractivity contribution in [3.8, 4) is 5.75 Å². The number of ether oxygens (including phenoxy) is 1. The highest BCUT2D eigenvalue weighted by Gasteiger charge is 1.96. The third-order valence-electron chi connectivity index (χ3n) is 1.96. The second-order valence-corrected chi connectivity index (χ2v) is 4.35. The predicted molar refractivity (Wildman–Crippen MR) is 66.8 cm³/mol. The van der Waals surface area contributed by atoms with Crippen molar-refractivity contribution >= 4 is 35.3 Å². The molecular weight excluding hydrogens is 244 g/mol. The second kappa shape index (κ2) is 5.09. The molecule has 0 unspecified atom stereocenters. The van der Waals surface area contributed by atoms with Crippen LogP contribution in [-0.2, 0) is 0 Å². The van der Waals surface area contributed by atoms with Gasteiger partial charge in [-0.05, 0) is 46.9 Å². The van der Waals surface area contributed by atoms with Gasteiger partial charge in [-0.3, -0.25) is 0 Å². The number of rotatable bonds is 3. The van der Waals surface area contributed by atoms with Crippen molar-refractivity contribution in [2.24, 2.45) is 0 Å². The first-order valence-corrected chi connectivity index (χ1v) is 5.74. The highest BCUT2D eigenvalue weighted by atomic mass is 35.5. The van der Waals surface area contributed by atoms with Gasteiger partial charge in [0.05, 0.1) is 7.11 Å². The first-order valence-electron chi connectivity index (χ1n) is 4.59. The third kappa shape index (κ3) is 2.81. The minimum Gasteiger partial charge on any atom is -0.497 e. The third-order valence-corrected chi connectivity index (χ3v) is 2.77. The van der Waals surface area contributed by atoms with Crippen LogP contribution in [0.2, 0.25) is 4.47 Å². The van der Waals surface area contributed by atoms with Gasteiger partial charge in [-0.1, -0.05) is 18.2 Å². The van der Waals surface area contributed by atoms with Gasteiger partial charge in [-0.15, -0.1) is 0 Å². The molecule has 0 aliphatic rings. The molecule has 1 aromatic carbocycles. The fourth-order valence-corrected chi connectivity index (χ4v) is 1.76. The molecule has 0 atom stereocenters. The molecule has 0 N–H and O–H groups in total. The number of hydrogen-bond donors (Lipinski definition) is 0. The largest absolute Gasteiger partial charge is 0.497 e. The summed E-state index contributed by atoms with van der Waals surface area (Å²) in [4.78, 5) is 4.02. The summed E-state index contributed by atoms with van der Waals surface area (Å²) >= 11 is 6.85. The van der Waals surface area contributed by atoms with Gasteiger partial charge in [0, 0.05) is 0 Å². The van der Waals surface area contributed by atoms with Crippen LogP contribution in [0.5, 0.6) is 5.75 Å². The molecule has 16 heavy (non-hydrogen) atoms. The Hall–Kier alpha value is -1.39. The zero-order valence-electron chi connectivity index (χ0n) is 8.55. The molecule has 0 fully saturated rings. The maximum Gasteiger partial charge on any atom is 0.203 e. The molecule has 0 spiro atoms. The zero-order chi connectivity index (χ0) is 11.4. The van der Waals surface area contributed by atoms with Crippen molar-refractivity contribution in [2.75, 3.05) is 7.11 Å². The number of halogens is 1. The first kappa shape index (κ1) is 11.1. The Balaban J connectivity index is 2.11. The van der Waals surface area contributed by atoms with Gasteiger partial charge in [0.15, 0.2) is 5.82 Å². The SMILES string of the molecule is COc1ccc(C=Cc2nsc(Cl)n2)cc1. The van der Waals surface area contributed by atoms with Crippen LogP contribution < -0.4 is 4.74 Å². The summed E-state index contributed by atoms with van der Waals surface area (Å²) in [5, 5.41) is 0. The van der Waals surface area contributed by atoms with E-state index in [1.807, 2.05) is 36.4 Å². The zero-order valence-corrected chi connectivity index (χ0v) is 10.1. The number of methoxy groups -OCH3 is 1. The average molecular weight is 253 g/mol. The topological polar surface area (TPSA) is 35.0 Å². The van der Waals surface area contributed by atoms with Crippen LogP contribution in [0.4, 0.5) is 0 Å². The Morgan fingerprint density at radius 1 is 1.25 bits per heavy atom. The van der Waals surface area contributed by atoms with E-state index in [0.29, 0.717) is 10.3 Å². The Morgan fingerprint density at radius 3 is 2.56 bits per heavy atom. The Bertz CT molecular complexity index is 493. The number of hydrogen-bond acceptors (Lipinski definition) is 4. The number of aromatic nitrogens is 2. The quantitative estimate of drug-likeness (QED) is 0.840. The molecule has 0 radical (unpaired) electrons. The van der Waals surface area contributed by atoms with Crippen LogP contribution in [-0.4, -0.2) is 16.5 Å². The molecule has 5 heteroatoms. The fraction of sp³-hybridized carbons (Fsp3) is 0.0909. The Morgan fingerprint density at radius 2 is 2.00 bits per heavy atom. The van der Waals surface area contributed by atoms with E-state index >= 15 is 0 Å². The van der Waals surface area contributed by atoms with Crippen molar-refractivity contribution in [2.45, 2.75) is 0 Å². The van der Waals surface area contributed by atoms with Gasteiger partial charge in [-0.25, -0.2) is 4.98 Å². The van der Waals surface area contributed by atoms with Gasteiger partial charge in [0.1, 0.15) is 5.75 Å². The van der Waals surface area contributed by atoms with Gasteiger partial charge in [-0.2, -0.15) is 4.37 Å². The predicted octanol–water partition coefficient (Wildman–Crippen LogP) is 3.37. The summed E-state index contributed by atoms with van der Waals surface area (Å²) in [7, 11) is 1.64. The average Bonchev–Trinajstić information content (AvgIpc) is 2.73. The molecule has 0 amide bonds. The fourth-order valence-electron chi connectivity index (χ4n) is 1.17. The summed E-state index contributed by atoms with van der Waals surface area (Å²) in [5.41, 5.74) is 1.06. The minimum absolute atomic E-state index is 0.453. The van der Waals surface area contributed by atoms with Crippen LogP contribution in [0.25, 0.3) is 12.2 Å². The molecular formula is C11H9ClN2OS. The maximum absolute atomic E-state index is 5.68. The molecule has 0 saturated carbocycles. The second-order valence-electron chi connectivity index (χ2n) is 3.01. The van der Waals surface area contributed by atoms with E-state index in [4.69, 9.17) is 16.3 Å². The molecule has 2 aromatic rings. The highest BCUT2D eigenvalue weighted by Crippen LogP contribution is 2.15. The van der Waals surface area contributed by atoms with Gasteiger partial charge >= 0.3 is 0 Å². The highest BCUT2D eigenvalue weighted by molar-refractivity contribution is 7.10. The monoisotopic (exact) mass is 252 g/mol. The van der Waals surface area contributed by atoms with Gasteiger partial charge in [0.2, 0.25) is 4.47 Å². The summed E-state index contributed by atoms with van der Waals surface area (Å²) in [5.74, 6) is 1.47. The lowest BCUT2D eigenvalue weighted by molar-refractivity contribution is 0.415. The lowest BCUT2D eigenvalue weighted by atomic mass is 10.2. The van der Waals surface area contributed by atoms with Crippen LogP contribution in [0.15, 0.2) is 24.3 Å². The minimum atomic E-state index is 0.453. The van der Waals surface area contributed by atoms with Gasteiger partial charge in [0.25, 0.3) is 0 Å². The van der Waals surface area contributed by atoms with Crippen molar-refractivity contribution in [3.63, 3.8) is 0 Å². The molecule has 0 aliphatic carbocycles. The van der Waals surface area contributed by atoms with E-state index in [-0.39, 0.29) is 0 Å². The molecule has 0 aliphatic heterocycles. The van der Waals surface area contributed by atoms with Crippen LogP contribution in [0, 0.1) is 0 Å². The Labute approximate surface area is 103 Å². The standard InChI is InChI=1S/C11H9ClN2OS/c1-15-9-5-2-8(3-6-9)4-7-10-13-11(12)16-14-10/h2-7H,1H3. The number of benzene rings is 1. The molecule has 82 valence electrons. The van der Waals surface area contributed by atoms with E-state index in [2.05, 4.69) is 9.36 Å². The van der Waals surface area contributed by atoms with E-state index < -0.39 is 0 Å². The summed E-state index contributed by atoms with van der Waals surface area (Å²) in [6.07, 6.45) is 3.75. The summed E-state index contributed by atoms with van der Waals surface area (Å²) < 4.78 is 9.58. The van der Waals surface area contributed by atoms with E-state index in [9.17, 15) is 0 Å². The van der Waals surface area contributed by atoms with Crippen molar-refractivity contribution < 1.29 is 4.74 Å². The summed E-state index contributed by atoms with van der Waals surface area (Å²) in [6.45, 7) is 0. The van der Waals surface area contributed by atoms with Gasteiger partial charge < -0.3 is 4.74 Å². The van der Waals surface area contributed by atoms with Crippen LogP contribution >= 0.6 is 23.1 Å². The lowest BCUT2D eigenvalue weighted by Crippen LogP contribution is -1.81. The normalized spacial score (nSPS) is 10.9. The van der Waals surface area contributed by atoms with Crippen molar-refractivity contribution in [1.82, 2.24) is 9.36 Å². The van der Waals surface area contributed by atoms with Crippen LogP contribution in [0.3, 0.4) is 0 Å². The van der Waals surface area contributed by atoms with Crippen LogP contribution in [0.1, 0.15) is 11.4 Å². The number of nitrogens with zero attached hydrogens (tertiary/aromatic N) is 2. The maximum atomic E-state index is 5.68.